The predicted molar refractivity (Wildman–Crippen MR) is 51.6 cm³/mol. The van der Waals surface area contributed by atoms with Gasteiger partial charge in [-0.2, -0.15) is 0 Å². The van der Waals surface area contributed by atoms with Crippen molar-refractivity contribution in [2.45, 2.75) is 51.1 Å². The molecule has 1 aliphatic rings. The van der Waals surface area contributed by atoms with Crippen LogP contribution in [-0.2, 0) is 4.74 Å². The largest absolute Gasteiger partial charge is 0.379 e. The summed E-state index contributed by atoms with van der Waals surface area (Å²) in [6.45, 7) is 10.5. The van der Waals surface area contributed by atoms with Crippen LogP contribution in [0.25, 0.3) is 0 Å². The Balaban J connectivity index is 2.64. The molecule has 1 atom stereocenters. The van der Waals surface area contributed by atoms with Crippen LogP contribution in [0.15, 0.2) is 0 Å². The van der Waals surface area contributed by atoms with Gasteiger partial charge in [-0.25, -0.2) is 0 Å². The van der Waals surface area contributed by atoms with Gasteiger partial charge in [0.2, 0.25) is 0 Å². The highest BCUT2D eigenvalue weighted by molar-refractivity contribution is 6.78. The van der Waals surface area contributed by atoms with E-state index in [-0.39, 0.29) is 5.22 Å². The summed E-state index contributed by atoms with van der Waals surface area (Å²) in [5.41, 5.74) is 0. The molecular weight excluding hydrogens is 152 g/mol. The van der Waals surface area contributed by atoms with E-state index in [9.17, 15) is 0 Å². The van der Waals surface area contributed by atoms with Crippen molar-refractivity contribution in [3.63, 3.8) is 0 Å². The summed E-state index contributed by atoms with van der Waals surface area (Å²) in [7, 11) is -1.10. The van der Waals surface area contributed by atoms with Crippen LogP contribution in [-0.4, -0.2) is 19.9 Å². The molecule has 1 saturated heterocycles. The van der Waals surface area contributed by atoms with Gasteiger partial charge < -0.3 is 4.74 Å². The molecule has 0 aliphatic carbocycles. The number of ether oxygens (including phenoxy) is 1. The van der Waals surface area contributed by atoms with E-state index in [4.69, 9.17) is 4.74 Å². The van der Waals surface area contributed by atoms with E-state index < -0.39 is 8.07 Å². The summed E-state index contributed by atoms with van der Waals surface area (Å²) in [6.07, 6.45) is 3.91. The first-order chi connectivity index (χ1) is 4.96. The molecule has 0 bridgehead atoms. The third-order valence-electron chi connectivity index (χ3n) is 3.06. The predicted octanol–water partition coefficient (Wildman–Crippen LogP) is 2.82. The maximum absolute atomic E-state index is 5.89. The van der Waals surface area contributed by atoms with Crippen molar-refractivity contribution < 1.29 is 4.74 Å². The van der Waals surface area contributed by atoms with E-state index in [1.54, 1.807) is 0 Å². The zero-order valence-electron chi connectivity index (χ0n) is 8.24. The third-order valence-corrected chi connectivity index (χ3v) is 6.62. The second-order valence-electron chi connectivity index (χ2n) is 4.79. The van der Waals surface area contributed by atoms with Crippen molar-refractivity contribution in [3.05, 3.63) is 0 Å². The fourth-order valence-electron chi connectivity index (χ4n) is 1.53. The van der Waals surface area contributed by atoms with E-state index in [1.165, 1.54) is 19.3 Å². The van der Waals surface area contributed by atoms with Crippen molar-refractivity contribution in [2.75, 3.05) is 6.61 Å². The molecule has 11 heavy (non-hydrogen) atoms. The quantitative estimate of drug-likeness (QED) is 0.553. The molecule has 2 heteroatoms. The van der Waals surface area contributed by atoms with Crippen LogP contribution in [0.3, 0.4) is 0 Å². The fraction of sp³-hybridized carbons (Fsp3) is 1.00. The lowest BCUT2D eigenvalue weighted by Gasteiger charge is -2.43. The molecule has 1 heterocycles. The molecule has 0 amide bonds. The van der Waals surface area contributed by atoms with Gasteiger partial charge in [0.15, 0.2) is 0 Å². The Kier molecular flexibility index (Phi) is 2.45. The summed E-state index contributed by atoms with van der Waals surface area (Å²) < 4.78 is 5.89. The molecule has 0 aromatic rings. The van der Waals surface area contributed by atoms with Crippen LogP contribution in [0, 0.1) is 0 Å². The van der Waals surface area contributed by atoms with E-state index in [2.05, 4.69) is 26.6 Å². The molecule has 1 aliphatic heterocycles. The molecule has 1 fully saturated rings. The highest BCUT2D eigenvalue weighted by Gasteiger charge is 2.40. The van der Waals surface area contributed by atoms with Crippen molar-refractivity contribution in [1.82, 2.24) is 0 Å². The average molecular weight is 172 g/mol. The number of hydrogen-bond donors (Lipinski definition) is 0. The molecular formula is C9H20OSi. The first-order valence-corrected chi connectivity index (χ1v) is 8.10. The van der Waals surface area contributed by atoms with Gasteiger partial charge in [0.1, 0.15) is 0 Å². The van der Waals surface area contributed by atoms with Gasteiger partial charge in [0, 0.05) is 6.61 Å². The second kappa shape index (κ2) is 2.90. The molecule has 0 spiro atoms. The molecule has 1 rings (SSSR count). The smallest absolute Gasteiger partial charge is 0.0820 e. The topological polar surface area (TPSA) is 9.23 Å². The van der Waals surface area contributed by atoms with Crippen LogP contribution in [0.4, 0.5) is 0 Å². The Morgan fingerprint density at radius 3 is 2.09 bits per heavy atom. The molecule has 1 unspecified atom stereocenters. The van der Waals surface area contributed by atoms with Crippen molar-refractivity contribution in [2.24, 2.45) is 0 Å². The lowest BCUT2D eigenvalue weighted by molar-refractivity contribution is -0.0127. The number of hydrogen-bond acceptors (Lipinski definition) is 1. The van der Waals surface area contributed by atoms with Crippen LogP contribution in [0.1, 0.15) is 26.2 Å². The highest BCUT2D eigenvalue weighted by Crippen LogP contribution is 2.33. The molecule has 0 aromatic heterocycles. The summed E-state index contributed by atoms with van der Waals surface area (Å²) in [5, 5.41) is 0.255. The SMILES string of the molecule is CC1([Si](C)(C)C)CCCCO1. The summed E-state index contributed by atoms with van der Waals surface area (Å²) in [5.74, 6) is 0. The first-order valence-electron chi connectivity index (χ1n) is 4.60. The van der Waals surface area contributed by atoms with Gasteiger partial charge in [0.25, 0.3) is 0 Å². The number of rotatable bonds is 1. The minimum atomic E-state index is -1.10. The summed E-state index contributed by atoms with van der Waals surface area (Å²) >= 11 is 0. The zero-order chi connectivity index (χ0) is 8.54. The maximum Gasteiger partial charge on any atom is 0.0820 e. The fourth-order valence-corrected chi connectivity index (χ4v) is 2.99. The van der Waals surface area contributed by atoms with Gasteiger partial charge >= 0.3 is 0 Å². The van der Waals surface area contributed by atoms with Gasteiger partial charge in [-0.3, -0.25) is 0 Å². The summed E-state index contributed by atoms with van der Waals surface area (Å²) in [6, 6.07) is 0. The highest BCUT2D eigenvalue weighted by atomic mass is 28.3. The third kappa shape index (κ3) is 1.85. The van der Waals surface area contributed by atoms with Crippen LogP contribution < -0.4 is 0 Å². The van der Waals surface area contributed by atoms with E-state index >= 15 is 0 Å². The van der Waals surface area contributed by atoms with Crippen molar-refractivity contribution >= 4 is 8.07 Å². The van der Waals surface area contributed by atoms with Gasteiger partial charge in [0.05, 0.1) is 13.3 Å². The Labute approximate surface area is 71.1 Å². The Hall–Kier alpha value is 0.177. The lowest BCUT2D eigenvalue weighted by atomic mass is 10.1. The Morgan fingerprint density at radius 2 is 1.82 bits per heavy atom. The van der Waals surface area contributed by atoms with Crippen molar-refractivity contribution in [3.8, 4) is 0 Å². The Morgan fingerprint density at radius 1 is 1.18 bits per heavy atom. The lowest BCUT2D eigenvalue weighted by Crippen LogP contribution is -2.53. The van der Waals surface area contributed by atoms with Crippen LogP contribution in [0.2, 0.25) is 19.6 Å². The standard InChI is InChI=1S/C9H20OSi/c1-9(11(2,3)4)7-5-6-8-10-9/h5-8H2,1-4H3. The van der Waals surface area contributed by atoms with Gasteiger partial charge in [-0.15, -0.1) is 0 Å². The molecule has 66 valence electrons. The molecule has 0 saturated carbocycles. The molecule has 0 radical (unpaired) electrons. The van der Waals surface area contributed by atoms with Crippen LogP contribution >= 0.6 is 0 Å². The maximum atomic E-state index is 5.89. The van der Waals surface area contributed by atoms with E-state index in [1.807, 2.05) is 0 Å². The average Bonchev–Trinajstić information content (AvgIpc) is 1.87. The van der Waals surface area contributed by atoms with E-state index in [0.29, 0.717) is 0 Å². The van der Waals surface area contributed by atoms with E-state index in [0.717, 1.165) is 6.61 Å². The second-order valence-corrected chi connectivity index (χ2v) is 10.3. The van der Waals surface area contributed by atoms with Crippen molar-refractivity contribution in [1.29, 1.82) is 0 Å². The molecule has 1 nitrogen and oxygen atoms in total. The van der Waals surface area contributed by atoms with Gasteiger partial charge in [-0.05, 0) is 26.2 Å². The Bertz CT molecular complexity index is 131. The molecule has 0 N–H and O–H groups in total. The van der Waals surface area contributed by atoms with Gasteiger partial charge in [-0.1, -0.05) is 19.6 Å². The normalized spacial score (nSPS) is 33.8. The molecule has 0 aromatic carbocycles. The first kappa shape index (κ1) is 9.27. The minimum Gasteiger partial charge on any atom is -0.379 e. The van der Waals surface area contributed by atoms with Crippen LogP contribution in [0.5, 0.6) is 0 Å². The minimum absolute atomic E-state index is 0.255. The zero-order valence-corrected chi connectivity index (χ0v) is 9.24. The summed E-state index contributed by atoms with van der Waals surface area (Å²) in [4.78, 5) is 0. The monoisotopic (exact) mass is 172 g/mol.